The summed E-state index contributed by atoms with van der Waals surface area (Å²) < 4.78 is 6.27. The molecule has 1 aromatic carbocycles. The van der Waals surface area contributed by atoms with Gasteiger partial charge in [-0.1, -0.05) is 15.9 Å². The van der Waals surface area contributed by atoms with Crippen LogP contribution in [-0.2, 0) is 0 Å². The van der Waals surface area contributed by atoms with E-state index < -0.39 is 6.10 Å². The maximum Gasteiger partial charge on any atom is 0.125 e. The van der Waals surface area contributed by atoms with Gasteiger partial charge in [-0.3, -0.25) is 0 Å². The fourth-order valence-electron chi connectivity index (χ4n) is 1.39. The van der Waals surface area contributed by atoms with Gasteiger partial charge in [0.1, 0.15) is 18.5 Å². The molecule has 2 atom stereocenters. The molecule has 0 bridgehead atoms. The van der Waals surface area contributed by atoms with Gasteiger partial charge in [0.05, 0.1) is 6.04 Å². The summed E-state index contributed by atoms with van der Waals surface area (Å²) in [7, 11) is 0. The van der Waals surface area contributed by atoms with E-state index in [2.05, 4.69) is 15.9 Å². The minimum absolute atomic E-state index is 0.332. The van der Waals surface area contributed by atoms with Crippen molar-refractivity contribution in [3.8, 4) is 5.75 Å². The Balaban J connectivity index is 2.45. The Morgan fingerprint density at radius 2 is 2.31 bits per heavy atom. The molecule has 0 aliphatic carbocycles. The van der Waals surface area contributed by atoms with Gasteiger partial charge in [-0.2, -0.15) is 0 Å². The highest BCUT2D eigenvalue weighted by Gasteiger charge is 2.26. The molecule has 1 aliphatic rings. The van der Waals surface area contributed by atoms with Crippen LogP contribution < -0.4 is 10.5 Å². The number of aliphatic hydroxyl groups excluding tert-OH is 1. The maximum absolute atomic E-state index is 9.73. The molecular formula is C9H10BrNO2. The highest BCUT2D eigenvalue weighted by molar-refractivity contribution is 9.10. The third kappa shape index (κ3) is 1.57. The zero-order chi connectivity index (χ0) is 9.42. The average Bonchev–Trinajstić information content (AvgIpc) is 2.12. The van der Waals surface area contributed by atoms with E-state index in [0.29, 0.717) is 6.61 Å². The minimum atomic E-state index is -0.624. The van der Waals surface area contributed by atoms with Gasteiger partial charge in [0, 0.05) is 10.0 Å². The zero-order valence-electron chi connectivity index (χ0n) is 6.90. The molecular weight excluding hydrogens is 234 g/mol. The Morgan fingerprint density at radius 1 is 1.54 bits per heavy atom. The van der Waals surface area contributed by atoms with Gasteiger partial charge in [-0.25, -0.2) is 0 Å². The van der Waals surface area contributed by atoms with E-state index in [1.807, 2.05) is 18.2 Å². The van der Waals surface area contributed by atoms with Crippen molar-refractivity contribution >= 4 is 15.9 Å². The minimum Gasteiger partial charge on any atom is -0.491 e. The molecule has 0 spiro atoms. The molecule has 3 nitrogen and oxygen atoms in total. The van der Waals surface area contributed by atoms with E-state index in [1.54, 1.807) is 0 Å². The Kier molecular flexibility index (Phi) is 2.27. The van der Waals surface area contributed by atoms with Gasteiger partial charge in [-0.05, 0) is 18.2 Å². The van der Waals surface area contributed by atoms with Crippen molar-refractivity contribution in [1.29, 1.82) is 0 Å². The van der Waals surface area contributed by atoms with E-state index in [1.165, 1.54) is 0 Å². The molecule has 1 heterocycles. The van der Waals surface area contributed by atoms with Crippen molar-refractivity contribution in [2.45, 2.75) is 12.1 Å². The van der Waals surface area contributed by atoms with Crippen molar-refractivity contribution in [2.24, 2.45) is 5.73 Å². The van der Waals surface area contributed by atoms with Crippen LogP contribution in [0.5, 0.6) is 5.75 Å². The van der Waals surface area contributed by atoms with Crippen LogP contribution in [0.15, 0.2) is 22.7 Å². The molecule has 13 heavy (non-hydrogen) atoms. The fourth-order valence-corrected chi connectivity index (χ4v) is 1.77. The number of benzene rings is 1. The number of nitrogens with two attached hydrogens (primary N) is 1. The second-order valence-corrected chi connectivity index (χ2v) is 4.02. The van der Waals surface area contributed by atoms with Crippen molar-refractivity contribution in [1.82, 2.24) is 0 Å². The lowest BCUT2D eigenvalue weighted by Crippen LogP contribution is -2.38. The monoisotopic (exact) mass is 243 g/mol. The van der Waals surface area contributed by atoms with E-state index >= 15 is 0 Å². The Bertz CT molecular complexity index is 329. The highest BCUT2D eigenvalue weighted by Crippen LogP contribution is 2.33. The standard InChI is InChI=1S/C9H10BrNO2/c10-5-1-2-8-6(3-5)9(12)7(11)4-13-8/h1-3,7,9,12H,4,11H2/t7-,9-/m1/s1. The van der Waals surface area contributed by atoms with Gasteiger partial charge < -0.3 is 15.6 Å². The largest absolute Gasteiger partial charge is 0.491 e. The molecule has 1 aromatic rings. The summed E-state index contributed by atoms with van der Waals surface area (Å²) >= 11 is 3.33. The Morgan fingerprint density at radius 3 is 3.08 bits per heavy atom. The number of hydrogen-bond donors (Lipinski definition) is 2. The van der Waals surface area contributed by atoms with Crippen LogP contribution in [0.3, 0.4) is 0 Å². The quantitative estimate of drug-likeness (QED) is 0.721. The summed E-state index contributed by atoms with van der Waals surface area (Å²) in [6.45, 7) is 0.371. The second kappa shape index (κ2) is 3.29. The molecule has 0 unspecified atom stereocenters. The Labute approximate surface area is 84.6 Å². The van der Waals surface area contributed by atoms with Crippen LogP contribution in [0, 0.1) is 0 Å². The van der Waals surface area contributed by atoms with Crippen molar-refractivity contribution in [3.05, 3.63) is 28.2 Å². The first-order chi connectivity index (χ1) is 6.18. The smallest absolute Gasteiger partial charge is 0.125 e. The molecule has 0 fully saturated rings. The maximum atomic E-state index is 9.73. The normalized spacial score (nSPS) is 26.4. The van der Waals surface area contributed by atoms with Crippen molar-refractivity contribution < 1.29 is 9.84 Å². The van der Waals surface area contributed by atoms with E-state index in [9.17, 15) is 5.11 Å². The van der Waals surface area contributed by atoms with Crippen LogP contribution in [-0.4, -0.2) is 17.8 Å². The summed E-state index contributed by atoms with van der Waals surface area (Å²) in [5.41, 5.74) is 6.41. The molecule has 0 radical (unpaired) electrons. The summed E-state index contributed by atoms with van der Waals surface area (Å²) in [5, 5.41) is 9.73. The fraction of sp³-hybridized carbons (Fsp3) is 0.333. The molecule has 0 saturated heterocycles. The SMILES string of the molecule is N[C@@H]1COc2ccc(Br)cc2[C@H]1O. The number of hydrogen-bond acceptors (Lipinski definition) is 3. The molecule has 2 rings (SSSR count). The molecule has 3 N–H and O–H groups in total. The van der Waals surface area contributed by atoms with Gasteiger partial charge in [0.15, 0.2) is 0 Å². The highest BCUT2D eigenvalue weighted by atomic mass is 79.9. The first kappa shape index (κ1) is 8.99. The van der Waals surface area contributed by atoms with Gasteiger partial charge in [-0.15, -0.1) is 0 Å². The zero-order valence-corrected chi connectivity index (χ0v) is 8.49. The van der Waals surface area contributed by atoms with Crippen LogP contribution in [0.25, 0.3) is 0 Å². The summed E-state index contributed by atoms with van der Waals surface area (Å²) in [6.07, 6.45) is -0.624. The van der Waals surface area contributed by atoms with Crippen LogP contribution in [0.2, 0.25) is 0 Å². The lowest BCUT2D eigenvalue weighted by Gasteiger charge is -2.27. The first-order valence-electron chi connectivity index (χ1n) is 4.04. The molecule has 0 amide bonds. The van der Waals surface area contributed by atoms with E-state index in [0.717, 1.165) is 15.8 Å². The van der Waals surface area contributed by atoms with Crippen molar-refractivity contribution in [3.63, 3.8) is 0 Å². The molecule has 0 aromatic heterocycles. The summed E-state index contributed by atoms with van der Waals surface area (Å²) in [4.78, 5) is 0. The number of fused-ring (bicyclic) bond motifs is 1. The van der Waals surface area contributed by atoms with Crippen LogP contribution in [0.4, 0.5) is 0 Å². The number of aliphatic hydroxyl groups is 1. The van der Waals surface area contributed by atoms with E-state index in [-0.39, 0.29) is 6.04 Å². The molecule has 1 aliphatic heterocycles. The topological polar surface area (TPSA) is 55.5 Å². The number of halogens is 1. The predicted molar refractivity (Wildman–Crippen MR) is 52.6 cm³/mol. The van der Waals surface area contributed by atoms with E-state index in [4.69, 9.17) is 10.5 Å². The van der Waals surface area contributed by atoms with Crippen LogP contribution in [0.1, 0.15) is 11.7 Å². The number of rotatable bonds is 0. The lowest BCUT2D eigenvalue weighted by atomic mass is 10.0. The molecule has 70 valence electrons. The lowest BCUT2D eigenvalue weighted by molar-refractivity contribution is 0.0915. The summed E-state index contributed by atoms with van der Waals surface area (Å²) in [5.74, 6) is 0.720. The number of ether oxygens (including phenoxy) is 1. The molecule has 4 heteroatoms. The van der Waals surface area contributed by atoms with Crippen LogP contribution >= 0.6 is 15.9 Å². The predicted octanol–water partition coefficient (Wildman–Crippen LogP) is 1.20. The third-order valence-electron chi connectivity index (χ3n) is 2.13. The average molecular weight is 244 g/mol. The second-order valence-electron chi connectivity index (χ2n) is 3.10. The summed E-state index contributed by atoms with van der Waals surface area (Å²) in [6, 6.07) is 5.21. The third-order valence-corrected chi connectivity index (χ3v) is 2.62. The van der Waals surface area contributed by atoms with Gasteiger partial charge in [0.25, 0.3) is 0 Å². The Hall–Kier alpha value is -0.580. The van der Waals surface area contributed by atoms with Gasteiger partial charge in [0.2, 0.25) is 0 Å². The van der Waals surface area contributed by atoms with Crippen molar-refractivity contribution in [2.75, 3.05) is 6.61 Å². The van der Waals surface area contributed by atoms with Gasteiger partial charge >= 0.3 is 0 Å². The molecule has 0 saturated carbocycles. The first-order valence-corrected chi connectivity index (χ1v) is 4.83.